The fraction of sp³-hybridized carbons (Fsp3) is 0.0769. The van der Waals surface area contributed by atoms with Crippen LogP contribution in [0.15, 0.2) is 22.3 Å². The molecule has 0 bridgehead atoms. The highest BCUT2D eigenvalue weighted by molar-refractivity contribution is 7.16. The molecule has 0 unspecified atom stereocenters. The Bertz CT molecular complexity index is 895. The summed E-state index contributed by atoms with van der Waals surface area (Å²) in [5.74, 6) is -2.13. The lowest BCUT2D eigenvalue weighted by molar-refractivity contribution is 0.112. The Morgan fingerprint density at radius 3 is 2.63 bits per heavy atom. The van der Waals surface area contributed by atoms with Gasteiger partial charge < -0.3 is 4.40 Å². The molecule has 0 fully saturated rings. The number of halogens is 2. The molecule has 96 valence electrons. The van der Waals surface area contributed by atoms with Crippen LogP contribution in [0.5, 0.6) is 0 Å². The normalized spacial score (nSPS) is 11.3. The third-order valence-electron chi connectivity index (χ3n) is 3.01. The Balaban J connectivity index is 2.73. The molecule has 0 amide bonds. The van der Waals surface area contributed by atoms with Crippen LogP contribution in [0.4, 0.5) is 8.78 Å². The van der Waals surface area contributed by atoms with Gasteiger partial charge in [0.05, 0.1) is 11.1 Å². The number of hydrogen-bond donors (Lipinski definition) is 0. The molecule has 19 heavy (non-hydrogen) atoms. The van der Waals surface area contributed by atoms with E-state index in [1.807, 2.05) is 0 Å². The molecule has 0 aliphatic heterocycles. The first-order chi connectivity index (χ1) is 9.04. The van der Waals surface area contributed by atoms with Gasteiger partial charge in [-0.3, -0.25) is 9.59 Å². The van der Waals surface area contributed by atoms with Crippen molar-refractivity contribution in [3.63, 3.8) is 0 Å². The monoisotopic (exact) mass is 279 g/mol. The third kappa shape index (κ3) is 1.53. The number of pyridine rings is 1. The molecule has 3 aromatic rings. The molecular formula is C13H7F2NO2S. The van der Waals surface area contributed by atoms with Crippen molar-refractivity contribution in [1.29, 1.82) is 0 Å². The largest absolute Gasteiger partial charge is 0.304 e. The molecular weight excluding hydrogens is 272 g/mol. The summed E-state index contributed by atoms with van der Waals surface area (Å²) in [4.78, 5) is 23.6. The molecule has 2 heterocycles. The smallest absolute Gasteiger partial charge is 0.201 e. The first-order valence-corrected chi connectivity index (χ1v) is 6.29. The number of fused-ring (bicyclic) bond motifs is 3. The van der Waals surface area contributed by atoms with Gasteiger partial charge in [0.15, 0.2) is 17.9 Å². The maximum atomic E-state index is 13.4. The van der Waals surface area contributed by atoms with Crippen LogP contribution in [0.3, 0.4) is 0 Å². The Kier molecular flexibility index (Phi) is 2.50. The number of rotatable bonds is 1. The number of aromatic nitrogens is 1. The fourth-order valence-corrected chi connectivity index (χ4v) is 3.14. The molecule has 1 aromatic carbocycles. The molecule has 0 atom stereocenters. The van der Waals surface area contributed by atoms with E-state index in [2.05, 4.69) is 0 Å². The molecule has 0 aliphatic rings. The van der Waals surface area contributed by atoms with Crippen molar-refractivity contribution >= 4 is 33.4 Å². The molecule has 0 saturated carbocycles. The molecule has 0 saturated heterocycles. The van der Waals surface area contributed by atoms with Crippen molar-refractivity contribution < 1.29 is 13.6 Å². The van der Waals surface area contributed by atoms with Crippen LogP contribution in [0.2, 0.25) is 0 Å². The van der Waals surface area contributed by atoms with Crippen LogP contribution in [-0.2, 0) is 0 Å². The van der Waals surface area contributed by atoms with Gasteiger partial charge in [-0.05, 0) is 13.0 Å². The van der Waals surface area contributed by atoms with Crippen molar-refractivity contribution in [2.24, 2.45) is 0 Å². The van der Waals surface area contributed by atoms with Gasteiger partial charge >= 0.3 is 0 Å². The zero-order valence-corrected chi connectivity index (χ0v) is 10.6. The standard InChI is InChI=1S/C13H7F2NO2S/c1-6-5-19-13-8(4-17)12(18)7-2-9(14)10(15)3-11(7)16(6)13/h2-5H,1H3. The highest BCUT2D eigenvalue weighted by Gasteiger charge is 2.16. The number of carbonyl (C=O) groups excluding carboxylic acids is 1. The van der Waals surface area contributed by atoms with Crippen molar-refractivity contribution in [3.8, 4) is 0 Å². The Labute approximate surface area is 109 Å². The fourth-order valence-electron chi connectivity index (χ4n) is 2.14. The number of nitrogens with zero attached hydrogens (tertiary/aromatic N) is 1. The average Bonchev–Trinajstić information content (AvgIpc) is 2.75. The molecule has 2 aromatic heterocycles. The zero-order valence-electron chi connectivity index (χ0n) is 9.74. The van der Waals surface area contributed by atoms with E-state index in [-0.39, 0.29) is 16.5 Å². The molecule has 0 radical (unpaired) electrons. The van der Waals surface area contributed by atoms with E-state index in [0.717, 1.165) is 17.8 Å². The second-order valence-electron chi connectivity index (χ2n) is 4.16. The molecule has 3 nitrogen and oxygen atoms in total. The highest BCUT2D eigenvalue weighted by Crippen LogP contribution is 2.25. The van der Waals surface area contributed by atoms with Crippen LogP contribution < -0.4 is 5.43 Å². The summed E-state index contributed by atoms with van der Waals surface area (Å²) >= 11 is 1.22. The van der Waals surface area contributed by atoms with Crippen molar-refractivity contribution in [3.05, 3.63) is 50.6 Å². The van der Waals surface area contributed by atoms with Crippen molar-refractivity contribution in [1.82, 2.24) is 4.40 Å². The lowest BCUT2D eigenvalue weighted by Crippen LogP contribution is -2.12. The summed E-state index contributed by atoms with van der Waals surface area (Å²) in [6.07, 6.45) is 0.453. The second-order valence-corrected chi connectivity index (χ2v) is 5.02. The molecule has 0 aliphatic carbocycles. The number of benzene rings is 1. The molecule has 3 rings (SSSR count). The number of aldehydes is 1. The average molecular weight is 279 g/mol. The minimum Gasteiger partial charge on any atom is -0.304 e. The second kappa shape index (κ2) is 3.96. The van der Waals surface area contributed by atoms with Crippen LogP contribution in [0, 0.1) is 18.6 Å². The Morgan fingerprint density at radius 2 is 1.95 bits per heavy atom. The van der Waals surface area contributed by atoms with Gasteiger partial charge in [-0.15, -0.1) is 11.3 Å². The van der Waals surface area contributed by atoms with E-state index in [1.54, 1.807) is 16.7 Å². The lowest BCUT2D eigenvalue weighted by atomic mass is 10.1. The van der Waals surface area contributed by atoms with E-state index < -0.39 is 17.1 Å². The summed E-state index contributed by atoms with van der Waals surface area (Å²) in [7, 11) is 0. The van der Waals surface area contributed by atoms with Crippen LogP contribution in [-0.4, -0.2) is 10.7 Å². The van der Waals surface area contributed by atoms with Gasteiger partial charge in [-0.25, -0.2) is 8.78 Å². The molecule has 0 N–H and O–H groups in total. The van der Waals surface area contributed by atoms with Crippen LogP contribution >= 0.6 is 11.3 Å². The van der Waals surface area contributed by atoms with Crippen molar-refractivity contribution in [2.75, 3.05) is 0 Å². The van der Waals surface area contributed by atoms with Crippen LogP contribution in [0.1, 0.15) is 16.1 Å². The first kappa shape index (κ1) is 12.0. The molecule has 6 heteroatoms. The maximum Gasteiger partial charge on any atom is 0.201 e. The lowest BCUT2D eigenvalue weighted by Gasteiger charge is -2.06. The van der Waals surface area contributed by atoms with Gasteiger partial charge in [0.25, 0.3) is 0 Å². The summed E-state index contributed by atoms with van der Waals surface area (Å²) in [5, 5.41) is 1.75. The maximum absolute atomic E-state index is 13.4. The zero-order chi connectivity index (χ0) is 13.7. The predicted octanol–water partition coefficient (Wildman–Crippen LogP) is 2.91. The van der Waals surface area contributed by atoms with Gasteiger partial charge in [-0.2, -0.15) is 0 Å². The quantitative estimate of drug-likeness (QED) is 0.642. The van der Waals surface area contributed by atoms with E-state index in [1.165, 1.54) is 11.3 Å². The Morgan fingerprint density at radius 1 is 1.26 bits per heavy atom. The Hall–Kier alpha value is -2.08. The van der Waals surface area contributed by atoms with E-state index in [4.69, 9.17) is 0 Å². The third-order valence-corrected chi connectivity index (χ3v) is 4.10. The minimum absolute atomic E-state index is 0.000000000000000222. The summed E-state index contributed by atoms with van der Waals surface area (Å²) in [6, 6.07) is 1.82. The highest BCUT2D eigenvalue weighted by atomic mass is 32.1. The van der Waals surface area contributed by atoms with E-state index >= 15 is 0 Å². The summed E-state index contributed by atoms with van der Waals surface area (Å²) < 4.78 is 28.2. The number of carbonyl (C=O) groups is 1. The van der Waals surface area contributed by atoms with Gasteiger partial charge in [0.1, 0.15) is 4.83 Å². The van der Waals surface area contributed by atoms with Crippen molar-refractivity contribution in [2.45, 2.75) is 6.92 Å². The van der Waals surface area contributed by atoms with E-state index in [9.17, 15) is 18.4 Å². The SMILES string of the molecule is Cc1csc2c(C=O)c(=O)c3cc(F)c(F)cc3n12. The number of hydrogen-bond acceptors (Lipinski definition) is 3. The number of aryl methyl sites for hydroxylation is 1. The summed E-state index contributed by atoms with van der Waals surface area (Å²) in [6.45, 7) is 1.77. The van der Waals surface area contributed by atoms with Gasteiger partial charge in [0.2, 0.25) is 5.43 Å². The molecule has 0 spiro atoms. The first-order valence-electron chi connectivity index (χ1n) is 5.41. The predicted molar refractivity (Wildman–Crippen MR) is 69.1 cm³/mol. The van der Waals surface area contributed by atoms with Gasteiger partial charge in [0, 0.05) is 22.5 Å². The van der Waals surface area contributed by atoms with Gasteiger partial charge in [-0.1, -0.05) is 0 Å². The van der Waals surface area contributed by atoms with E-state index in [0.29, 0.717) is 11.1 Å². The topological polar surface area (TPSA) is 38.5 Å². The van der Waals surface area contributed by atoms with Crippen LogP contribution in [0.25, 0.3) is 15.7 Å². The summed E-state index contributed by atoms with van der Waals surface area (Å²) in [5.41, 5.74) is 0.407. The number of thiazole rings is 1. The minimum atomic E-state index is -1.10.